The minimum atomic E-state index is 0.0118. The van der Waals surface area contributed by atoms with Crippen molar-refractivity contribution in [2.24, 2.45) is 0 Å². The third-order valence-corrected chi connectivity index (χ3v) is 5.95. The Morgan fingerprint density at radius 3 is 2.61 bits per heavy atom. The molecule has 2 aromatic heterocycles. The van der Waals surface area contributed by atoms with E-state index in [1.54, 1.807) is 16.0 Å². The summed E-state index contributed by atoms with van der Waals surface area (Å²) in [5.74, 6) is 0.0118. The highest BCUT2D eigenvalue weighted by molar-refractivity contribution is 7.13. The van der Waals surface area contributed by atoms with Crippen LogP contribution in [0.4, 0.5) is 5.69 Å². The molecule has 0 spiro atoms. The van der Waals surface area contributed by atoms with Crippen molar-refractivity contribution in [3.63, 3.8) is 0 Å². The molecule has 4 nitrogen and oxygen atoms in total. The Balaban J connectivity index is 1.61. The molecule has 2 aromatic carbocycles. The van der Waals surface area contributed by atoms with Crippen LogP contribution in [0.5, 0.6) is 0 Å². The first kappa shape index (κ1) is 17.0. The van der Waals surface area contributed by atoms with Crippen LogP contribution in [0.3, 0.4) is 0 Å². The molecule has 1 amide bonds. The van der Waals surface area contributed by atoms with Crippen LogP contribution < -0.4 is 4.90 Å². The molecule has 1 aliphatic rings. The van der Waals surface area contributed by atoms with E-state index in [1.165, 1.54) is 5.56 Å². The maximum absolute atomic E-state index is 13.6. The average Bonchev–Trinajstić information content (AvgIpc) is 3.43. The number of hydrogen-bond donors (Lipinski definition) is 0. The number of rotatable bonds is 3. The highest BCUT2D eigenvalue weighted by Crippen LogP contribution is 2.32. The van der Waals surface area contributed by atoms with Gasteiger partial charge in [-0.1, -0.05) is 42.5 Å². The molecule has 0 aliphatic carbocycles. The van der Waals surface area contributed by atoms with Crippen LogP contribution in [0.15, 0.2) is 78.3 Å². The molecule has 0 radical (unpaired) electrons. The van der Waals surface area contributed by atoms with Gasteiger partial charge in [-0.3, -0.25) is 4.79 Å². The lowest BCUT2D eigenvalue weighted by atomic mass is 10.0. The maximum Gasteiger partial charge on any atom is 0.262 e. The number of aromatic nitrogens is 2. The van der Waals surface area contributed by atoms with Crippen molar-refractivity contribution < 1.29 is 4.79 Å². The van der Waals surface area contributed by atoms with Crippen LogP contribution in [-0.2, 0) is 6.42 Å². The number of benzene rings is 2. The van der Waals surface area contributed by atoms with Gasteiger partial charge in [-0.2, -0.15) is 5.10 Å². The molecule has 5 rings (SSSR count). The van der Waals surface area contributed by atoms with E-state index in [4.69, 9.17) is 5.10 Å². The highest BCUT2D eigenvalue weighted by atomic mass is 32.1. The number of amides is 1. The Morgan fingerprint density at radius 2 is 1.79 bits per heavy atom. The summed E-state index contributed by atoms with van der Waals surface area (Å²) in [5.41, 5.74) is 4.58. The van der Waals surface area contributed by atoms with Gasteiger partial charge in [0.15, 0.2) is 0 Å². The minimum Gasteiger partial charge on any atom is -0.308 e. The van der Waals surface area contributed by atoms with Gasteiger partial charge < -0.3 is 4.90 Å². The maximum atomic E-state index is 13.6. The molecule has 0 saturated heterocycles. The lowest BCUT2D eigenvalue weighted by molar-refractivity contribution is 0.0985. The van der Waals surface area contributed by atoms with Crippen molar-refractivity contribution in [1.82, 2.24) is 9.78 Å². The van der Waals surface area contributed by atoms with Gasteiger partial charge in [-0.05, 0) is 48.1 Å². The van der Waals surface area contributed by atoms with Crippen molar-refractivity contribution >= 4 is 22.9 Å². The van der Waals surface area contributed by atoms with Gasteiger partial charge in [0.25, 0.3) is 5.91 Å². The highest BCUT2D eigenvalue weighted by Gasteiger charge is 2.27. The van der Waals surface area contributed by atoms with Crippen LogP contribution >= 0.6 is 11.3 Å². The van der Waals surface area contributed by atoms with Gasteiger partial charge in [0, 0.05) is 18.4 Å². The molecule has 5 heteroatoms. The van der Waals surface area contributed by atoms with E-state index in [9.17, 15) is 4.79 Å². The van der Waals surface area contributed by atoms with Gasteiger partial charge >= 0.3 is 0 Å². The Hall–Kier alpha value is -3.18. The third-order valence-electron chi connectivity index (χ3n) is 5.08. The fourth-order valence-corrected chi connectivity index (χ4v) is 4.45. The van der Waals surface area contributed by atoms with Gasteiger partial charge in [-0.15, -0.1) is 11.3 Å². The van der Waals surface area contributed by atoms with E-state index >= 15 is 0 Å². The third kappa shape index (κ3) is 2.94. The topological polar surface area (TPSA) is 38.1 Å². The lowest BCUT2D eigenvalue weighted by Gasteiger charge is -2.29. The molecule has 28 heavy (non-hydrogen) atoms. The first-order valence-electron chi connectivity index (χ1n) is 9.40. The summed E-state index contributed by atoms with van der Waals surface area (Å²) in [6.07, 6.45) is 3.86. The largest absolute Gasteiger partial charge is 0.308 e. The van der Waals surface area contributed by atoms with Gasteiger partial charge in [-0.25, -0.2) is 4.68 Å². The number of carbonyl (C=O) groups excluding carboxylic acids is 1. The second-order valence-corrected chi connectivity index (χ2v) is 7.79. The lowest BCUT2D eigenvalue weighted by Crippen LogP contribution is -2.35. The number of anilines is 1. The molecule has 0 atom stereocenters. The predicted molar refractivity (Wildman–Crippen MR) is 113 cm³/mol. The Labute approximate surface area is 167 Å². The molecule has 0 saturated carbocycles. The Kier molecular flexibility index (Phi) is 4.29. The zero-order valence-electron chi connectivity index (χ0n) is 15.3. The van der Waals surface area contributed by atoms with Gasteiger partial charge in [0.2, 0.25) is 0 Å². The quantitative estimate of drug-likeness (QED) is 0.486. The number of para-hydroxylation sites is 2. The van der Waals surface area contributed by atoms with E-state index < -0.39 is 0 Å². The molecular formula is C23H19N3OS. The SMILES string of the molecule is O=C(c1cn(-c2ccccc2)nc1-c1cccs1)N1CCCc2ccccc21. The van der Waals surface area contributed by atoms with Crippen LogP contribution in [0.25, 0.3) is 16.3 Å². The van der Waals surface area contributed by atoms with Crippen molar-refractivity contribution in [3.05, 3.63) is 89.4 Å². The summed E-state index contributed by atoms with van der Waals surface area (Å²) in [6.45, 7) is 0.732. The Morgan fingerprint density at radius 1 is 0.964 bits per heavy atom. The normalized spacial score (nSPS) is 13.4. The fourth-order valence-electron chi connectivity index (χ4n) is 3.73. The smallest absolute Gasteiger partial charge is 0.262 e. The summed E-state index contributed by atoms with van der Waals surface area (Å²) < 4.78 is 1.80. The number of carbonyl (C=O) groups is 1. The van der Waals surface area contributed by atoms with Crippen LogP contribution in [0.2, 0.25) is 0 Å². The van der Waals surface area contributed by atoms with Crippen molar-refractivity contribution in [2.75, 3.05) is 11.4 Å². The van der Waals surface area contributed by atoms with Crippen LogP contribution in [0.1, 0.15) is 22.3 Å². The summed E-state index contributed by atoms with van der Waals surface area (Å²) in [7, 11) is 0. The van der Waals surface area contributed by atoms with E-state index in [1.807, 2.05) is 77.1 Å². The second kappa shape index (κ2) is 7.09. The second-order valence-electron chi connectivity index (χ2n) is 6.84. The Bertz CT molecular complexity index is 1120. The zero-order chi connectivity index (χ0) is 18.9. The van der Waals surface area contributed by atoms with Crippen molar-refractivity contribution in [3.8, 4) is 16.3 Å². The van der Waals surface area contributed by atoms with Gasteiger partial charge in [0.05, 0.1) is 16.1 Å². The minimum absolute atomic E-state index is 0.0118. The monoisotopic (exact) mass is 385 g/mol. The summed E-state index contributed by atoms with van der Waals surface area (Å²) in [4.78, 5) is 16.5. The average molecular weight is 385 g/mol. The molecule has 138 valence electrons. The van der Waals surface area contributed by atoms with E-state index in [2.05, 4.69) is 6.07 Å². The number of thiophene rings is 1. The number of hydrogen-bond acceptors (Lipinski definition) is 3. The summed E-state index contributed by atoms with van der Waals surface area (Å²) in [6, 6.07) is 22.1. The van der Waals surface area contributed by atoms with Crippen molar-refractivity contribution in [1.29, 1.82) is 0 Å². The van der Waals surface area contributed by atoms with E-state index in [-0.39, 0.29) is 5.91 Å². The van der Waals surface area contributed by atoms with E-state index in [0.717, 1.165) is 41.3 Å². The number of fused-ring (bicyclic) bond motifs is 1. The number of aryl methyl sites for hydroxylation is 1. The predicted octanol–water partition coefficient (Wildman–Crippen LogP) is 5.19. The standard InChI is InChI=1S/C23H19N3OS/c27-23(25-14-6-9-17-8-4-5-12-20(17)25)19-16-26(18-10-2-1-3-11-18)24-22(19)21-13-7-15-28-21/h1-5,7-8,10-13,15-16H,6,9,14H2. The molecule has 0 fully saturated rings. The molecule has 3 heterocycles. The summed E-state index contributed by atoms with van der Waals surface area (Å²) in [5, 5.41) is 6.79. The molecule has 0 N–H and O–H groups in total. The molecular weight excluding hydrogens is 366 g/mol. The number of nitrogens with zero attached hydrogens (tertiary/aromatic N) is 3. The zero-order valence-corrected chi connectivity index (χ0v) is 16.1. The molecule has 4 aromatic rings. The van der Waals surface area contributed by atoms with E-state index in [0.29, 0.717) is 5.56 Å². The first-order chi connectivity index (χ1) is 13.8. The van der Waals surface area contributed by atoms with Crippen molar-refractivity contribution in [2.45, 2.75) is 12.8 Å². The molecule has 0 bridgehead atoms. The molecule has 0 unspecified atom stereocenters. The van der Waals surface area contributed by atoms with Crippen LogP contribution in [-0.4, -0.2) is 22.2 Å². The fraction of sp³-hybridized carbons (Fsp3) is 0.130. The van der Waals surface area contributed by atoms with Gasteiger partial charge in [0.1, 0.15) is 5.69 Å². The summed E-state index contributed by atoms with van der Waals surface area (Å²) >= 11 is 1.60. The molecule has 1 aliphatic heterocycles. The van der Waals surface area contributed by atoms with Crippen LogP contribution in [0, 0.1) is 0 Å². The first-order valence-corrected chi connectivity index (χ1v) is 10.3.